The van der Waals surface area contributed by atoms with Gasteiger partial charge in [-0.05, 0) is 5.53 Å². The summed E-state index contributed by atoms with van der Waals surface area (Å²) in [6, 6.07) is 0. The van der Waals surface area contributed by atoms with Crippen LogP contribution in [0.3, 0.4) is 0 Å². The first-order chi connectivity index (χ1) is 4.43. The lowest BCUT2D eigenvalue weighted by Gasteiger charge is -1.76. The molecule has 0 radical (unpaired) electrons. The second kappa shape index (κ2) is 2.68. The van der Waals surface area contributed by atoms with Crippen molar-refractivity contribution in [1.82, 2.24) is 10.2 Å². The van der Waals surface area contributed by atoms with E-state index in [1.165, 1.54) is 6.39 Å². The maximum atomic E-state index is 7.83. The lowest BCUT2D eigenvalue weighted by atomic mass is 10.7. The molecular weight excluding hydrogens is 122 g/mol. The van der Waals surface area contributed by atoms with E-state index >= 15 is 0 Å². The SMILES string of the molecule is [N-]=[N+]=NCc1nnco1. The Morgan fingerprint density at radius 1 is 1.89 bits per heavy atom. The van der Waals surface area contributed by atoms with Gasteiger partial charge in [-0.1, -0.05) is 5.11 Å². The van der Waals surface area contributed by atoms with Crippen molar-refractivity contribution in [3.05, 3.63) is 22.7 Å². The summed E-state index contributed by atoms with van der Waals surface area (Å²) in [7, 11) is 0. The van der Waals surface area contributed by atoms with Gasteiger partial charge in [0.05, 0.1) is 0 Å². The number of nitrogens with zero attached hydrogens (tertiary/aromatic N) is 5. The van der Waals surface area contributed by atoms with E-state index < -0.39 is 0 Å². The zero-order valence-electron chi connectivity index (χ0n) is 4.43. The van der Waals surface area contributed by atoms with Crippen LogP contribution < -0.4 is 0 Å². The molecule has 0 fully saturated rings. The summed E-state index contributed by atoms with van der Waals surface area (Å²) in [4.78, 5) is 2.51. The summed E-state index contributed by atoms with van der Waals surface area (Å²) < 4.78 is 4.65. The van der Waals surface area contributed by atoms with Gasteiger partial charge in [-0.3, -0.25) is 0 Å². The second-order valence-corrected chi connectivity index (χ2v) is 1.22. The number of hydrogen-bond donors (Lipinski definition) is 0. The highest BCUT2D eigenvalue weighted by Crippen LogP contribution is 1.92. The Balaban J connectivity index is 2.57. The number of hydrogen-bond acceptors (Lipinski definition) is 4. The van der Waals surface area contributed by atoms with Crippen LogP contribution in [0.4, 0.5) is 0 Å². The van der Waals surface area contributed by atoms with Gasteiger partial charge in [0.15, 0.2) is 0 Å². The first kappa shape index (κ1) is 5.58. The third kappa shape index (κ3) is 1.43. The van der Waals surface area contributed by atoms with Crippen molar-refractivity contribution in [2.75, 3.05) is 0 Å². The Labute approximate surface area is 50.1 Å². The van der Waals surface area contributed by atoms with Crippen LogP contribution in [0.25, 0.3) is 10.4 Å². The van der Waals surface area contributed by atoms with Gasteiger partial charge in [0.1, 0.15) is 6.54 Å². The molecule has 0 aromatic carbocycles. The van der Waals surface area contributed by atoms with Crippen molar-refractivity contribution in [3.8, 4) is 0 Å². The monoisotopic (exact) mass is 125 g/mol. The minimum absolute atomic E-state index is 0.122. The van der Waals surface area contributed by atoms with Crippen LogP contribution in [-0.4, -0.2) is 10.2 Å². The van der Waals surface area contributed by atoms with Crippen LogP contribution in [0.5, 0.6) is 0 Å². The smallest absolute Gasteiger partial charge is 0.222 e. The fourth-order valence-corrected chi connectivity index (χ4v) is 0.357. The summed E-state index contributed by atoms with van der Waals surface area (Å²) in [6.07, 6.45) is 1.18. The molecule has 6 nitrogen and oxygen atoms in total. The Kier molecular flexibility index (Phi) is 1.66. The van der Waals surface area contributed by atoms with E-state index in [0.29, 0.717) is 5.89 Å². The Hall–Kier alpha value is -1.55. The molecule has 1 aromatic rings. The average Bonchev–Trinajstić information content (AvgIpc) is 2.34. The maximum Gasteiger partial charge on any atom is 0.222 e. The lowest BCUT2D eigenvalue weighted by molar-refractivity contribution is 0.495. The first-order valence-electron chi connectivity index (χ1n) is 2.19. The molecule has 0 amide bonds. The van der Waals surface area contributed by atoms with Crippen molar-refractivity contribution in [2.45, 2.75) is 6.54 Å². The minimum atomic E-state index is 0.122. The molecule has 0 aliphatic carbocycles. The van der Waals surface area contributed by atoms with Crippen molar-refractivity contribution in [3.63, 3.8) is 0 Å². The molecule has 0 saturated heterocycles. The van der Waals surface area contributed by atoms with E-state index in [1.54, 1.807) is 0 Å². The van der Waals surface area contributed by atoms with E-state index in [4.69, 9.17) is 5.53 Å². The molecule has 0 spiro atoms. The van der Waals surface area contributed by atoms with Gasteiger partial charge >= 0.3 is 0 Å². The molecule has 1 heterocycles. The zero-order valence-corrected chi connectivity index (χ0v) is 4.43. The van der Waals surface area contributed by atoms with E-state index in [2.05, 4.69) is 24.6 Å². The van der Waals surface area contributed by atoms with Crippen LogP contribution in [0.2, 0.25) is 0 Å². The molecule has 9 heavy (non-hydrogen) atoms. The first-order valence-corrected chi connectivity index (χ1v) is 2.19. The summed E-state index contributed by atoms with van der Waals surface area (Å²) >= 11 is 0. The molecule has 0 unspecified atom stereocenters. The van der Waals surface area contributed by atoms with Crippen molar-refractivity contribution < 1.29 is 4.42 Å². The predicted molar refractivity (Wildman–Crippen MR) is 27.1 cm³/mol. The van der Waals surface area contributed by atoms with Gasteiger partial charge in [0, 0.05) is 4.91 Å². The summed E-state index contributed by atoms with van der Waals surface area (Å²) in [5.74, 6) is 0.327. The van der Waals surface area contributed by atoms with Crippen molar-refractivity contribution >= 4 is 0 Å². The second-order valence-electron chi connectivity index (χ2n) is 1.22. The predicted octanol–water partition coefficient (Wildman–Crippen LogP) is 0.880. The van der Waals surface area contributed by atoms with Gasteiger partial charge in [-0.2, -0.15) is 0 Å². The van der Waals surface area contributed by atoms with Gasteiger partial charge in [0.25, 0.3) is 0 Å². The van der Waals surface area contributed by atoms with Crippen molar-refractivity contribution in [2.24, 2.45) is 5.11 Å². The molecule has 0 atom stereocenters. The molecule has 0 N–H and O–H groups in total. The van der Waals surface area contributed by atoms with Gasteiger partial charge in [0.2, 0.25) is 12.3 Å². The molecule has 1 rings (SSSR count). The van der Waals surface area contributed by atoms with Crippen LogP contribution in [0.15, 0.2) is 15.9 Å². The standard InChI is InChI=1S/C3H3N5O/c4-8-5-1-3-7-6-2-9-3/h2H,1H2. The Morgan fingerprint density at radius 3 is 3.33 bits per heavy atom. The number of rotatable bonds is 2. The van der Waals surface area contributed by atoms with E-state index in [-0.39, 0.29) is 6.54 Å². The molecule has 46 valence electrons. The third-order valence-electron chi connectivity index (χ3n) is 0.674. The number of azide groups is 1. The minimum Gasteiger partial charge on any atom is -0.428 e. The highest BCUT2D eigenvalue weighted by Gasteiger charge is 1.92. The molecule has 0 aliphatic heterocycles. The summed E-state index contributed by atoms with van der Waals surface area (Å²) in [6.45, 7) is 0.122. The quantitative estimate of drug-likeness (QED) is 0.334. The van der Waals surface area contributed by atoms with Gasteiger partial charge in [-0.25, -0.2) is 0 Å². The van der Waals surface area contributed by atoms with Crippen molar-refractivity contribution in [1.29, 1.82) is 0 Å². The Bertz CT molecular complexity index is 210. The normalized spacial score (nSPS) is 8.44. The molecule has 0 aliphatic rings. The van der Waals surface area contributed by atoms with E-state index in [0.717, 1.165) is 0 Å². The molecule has 0 saturated carbocycles. The highest BCUT2D eigenvalue weighted by atomic mass is 16.4. The Morgan fingerprint density at radius 2 is 2.78 bits per heavy atom. The average molecular weight is 125 g/mol. The topological polar surface area (TPSA) is 87.7 Å². The summed E-state index contributed by atoms with van der Waals surface area (Å²) in [5, 5.41) is 10.0. The fraction of sp³-hybridized carbons (Fsp3) is 0.333. The third-order valence-corrected chi connectivity index (χ3v) is 0.674. The summed E-state index contributed by atoms with van der Waals surface area (Å²) in [5.41, 5.74) is 7.83. The molecular formula is C3H3N5O. The van der Waals surface area contributed by atoms with E-state index in [1.807, 2.05) is 0 Å². The largest absolute Gasteiger partial charge is 0.428 e. The van der Waals surface area contributed by atoms with Crippen LogP contribution >= 0.6 is 0 Å². The molecule has 0 bridgehead atoms. The zero-order chi connectivity index (χ0) is 6.53. The lowest BCUT2D eigenvalue weighted by Crippen LogP contribution is -1.77. The van der Waals surface area contributed by atoms with Gasteiger partial charge in [-0.15, -0.1) is 10.2 Å². The van der Waals surface area contributed by atoms with Crippen LogP contribution in [0.1, 0.15) is 5.89 Å². The molecule has 6 heteroatoms. The molecule has 1 aromatic heterocycles. The number of aromatic nitrogens is 2. The fourth-order valence-electron chi connectivity index (χ4n) is 0.357. The van der Waals surface area contributed by atoms with Gasteiger partial charge < -0.3 is 4.42 Å². The van der Waals surface area contributed by atoms with Crippen LogP contribution in [0, 0.1) is 0 Å². The highest BCUT2D eigenvalue weighted by molar-refractivity contribution is 4.70. The maximum absolute atomic E-state index is 7.83. The van der Waals surface area contributed by atoms with E-state index in [9.17, 15) is 0 Å². The van der Waals surface area contributed by atoms with Crippen LogP contribution in [-0.2, 0) is 6.54 Å².